The van der Waals surface area contributed by atoms with Crippen molar-refractivity contribution >= 4 is 33.5 Å². The van der Waals surface area contributed by atoms with Crippen molar-refractivity contribution in [1.29, 1.82) is 0 Å². The lowest BCUT2D eigenvalue weighted by Crippen LogP contribution is -2.12. The van der Waals surface area contributed by atoms with Gasteiger partial charge in [-0.25, -0.2) is 4.99 Å². The van der Waals surface area contributed by atoms with E-state index in [-0.39, 0.29) is 6.04 Å². The van der Waals surface area contributed by atoms with Crippen LogP contribution in [0.5, 0.6) is 0 Å². The lowest BCUT2D eigenvalue weighted by Gasteiger charge is -2.17. The zero-order valence-corrected chi connectivity index (χ0v) is 41.1. The molecule has 0 bridgehead atoms. The van der Waals surface area contributed by atoms with Crippen molar-refractivity contribution in [2.75, 3.05) is 0 Å². The fourth-order valence-corrected chi connectivity index (χ4v) is 11.8. The van der Waals surface area contributed by atoms with Gasteiger partial charge in [0.2, 0.25) is 0 Å². The van der Waals surface area contributed by atoms with E-state index in [1.54, 1.807) is 0 Å². The second-order valence-electron chi connectivity index (χ2n) is 19.7. The topological polar surface area (TPSA) is 29.6 Å². The Morgan fingerprint density at radius 3 is 1.86 bits per heavy atom. The van der Waals surface area contributed by atoms with Gasteiger partial charge in [0, 0.05) is 21.9 Å². The van der Waals surface area contributed by atoms with Gasteiger partial charge in [0.1, 0.15) is 5.84 Å². The molecule has 0 radical (unpaired) electrons. The molecule has 1 heterocycles. The normalized spacial score (nSPS) is 13.3. The van der Waals surface area contributed by atoms with E-state index in [0.29, 0.717) is 5.84 Å². The molecule has 0 amide bonds. The van der Waals surface area contributed by atoms with E-state index in [2.05, 4.69) is 251 Å². The third-order valence-electron chi connectivity index (χ3n) is 15.4. The first-order valence-corrected chi connectivity index (χ1v) is 25.3. The lowest BCUT2D eigenvalue weighted by molar-refractivity contribution is 0.817. The predicted octanol–water partition coefficient (Wildman–Crippen LogP) is 17.7. The molecule has 72 heavy (non-hydrogen) atoms. The third kappa shape index (κ3) is 7.35. The van der Waals surface area contributed by atoms with Gasteiger partial charge in [-0.05, 0) is 159 Å². The van der Waals surface area contributed by atoms with Gasteiger partial charge in [-0.1, -0.05) is 200 Å². The molecule has 2 aliphatic rings. The minimum atomic E-state index is -0.130. The molecule has 1 atom stereocenters. The molecule has 3 nitrogen and oxygen atoms in total. The van der Waals surface area contributed by atoms with Gasteiger partial charge in [0.15, 0.2) is 5.84 Å². The van der Waals surface area contributed by atoms with Crippen molar-refractivity contribution in [2.45, 2.75) is 46.6 Å². The summed E-state index contributed by atoms with van der Waals surface area (Å²) in [5, 5.41) is 2.37. The van der Waals surface area contributed by atoms with E-state index in [4.69, 9.17) is 9.98 Å². The summed E-state index contributed by atoms with van der Waals surface area (Å²) in [6.45, 7) is 8.79. The Morgan fingerprint density at radius 1 is 0.444 bits per heavy atom. The summed E-state index contributed by atoms with van der Waals surface area (Å²) in [6.07, 6.45) is 1.87. The molecule has 10 aromatic carbocycles. The summed E-state index contributed by atoms with van der Waals surface area (Å²) in [6, 6.07) is 80.1. The zero-order chi connectivity index (χ0) is 48.5. The number of aromatic nitrogens is 1. The van der Waals surface area contributed by atoms with E-state index in [1.807, 2.05) is 0 Å². The Kier molecular flexibility index (Phi) is 10.6. The number of benzene rings is 10. The Morgan fingerprint density at radius 2 is 1.04 bits per heavy atom. The first-order valence-electron chi connectivity index (χ1n) is 25.3. The first-order chi connectivity index (χ1) is 35.4. The van der Waals surface area contributed by atoms with Crippen molar-refractivity contribution in [1.82, 2.24) is 4.57 Å². The van der Waals surface area contributed by atoms with Crippen molar-refractivity contribution in [3.05, 3.63) is 263 Å². The standard InChI is InChI=1S/C69H53N3/c1-43-18-8-11-26-55(43)67-44(2)19-14-30-60(67)50-24-15-25-51(39-50)61-31-17-33-63-65-42-53(58-29-16-32-62-57-28-13-10-23-52(57)41-64(58)62)35-37-66(65)72(68(61)63)46(4)71-69(47-20-6-5-7-21-47)70-45(3)48-34-36-59-54(38-48)40-49-22-9-12-27-56(49)59/h5-39,42,45H,40-41H2,1-4H3. The average Bonchev–Trinajstić information content (AvgIpc) is 4.10. The van der Waals surface area contributed by atoms with Gasteiger partial charge in [0.25, 0.3) is 0 Å². The molecule has 0 saturated carbocycles. The second-order valence-corrected chi connectivity index (χ2v) is 19.7. The highest BCUT2D eigenvalue weighted by Crippen LogP contribution is 2.45. The molecule has 1 unspecified atom stereocenters. The largest absolute Gasteiger partial charge is 0.297 e. The summed E-state index contributed by atoms with van der Waals surface area (Å²) in [7, 11) is 0. The van der Waals surface area contributed by atoms with Crippen LogP contribution in [0.4, 0.5) is 0 Å². The van der Waals surface area contributed by atoms with E-state index >= 15 is 0 Å². The van der Waals surface area contributed by atoms with Crippen LogP contribution in [0.25, 0.3) is 88.6 Å². The maximum absolute atomic E-state index is 5.60. The summed E-state index contributed by atoms with van der Waals surface area (Å²) < 4.78 is 2.39. The van der Waals surface area contributed by atoms with Crippen molar-refractivity contribution < 1.29 is 0 Å². The molecule has 3 heteroatoms. The number of hydrogen-bond donors (Lipinski definition) is 0. The monoisotopic (exact) mass is 923 g/mol. The number of aryl methyl sites for hydroxylation is 2. The number of aliphatic imine (C=N–C) groups is 2. The number of fused-ring (bicyclic) bond motifs is 9. The molecular formula is C69H53N3. The van der Waals surface area contributed by atoms with Crippen LogP contribution >= 0.6 is 0 Å². The van der Waals surface area contributed by atoms with Crippen LogP contribution in [-0.2, 0) is 12.8 Å². The molecule has 0 saturated heterocycles. The molecule has 2 aliphatic carbocycles. The number of para-hydroxylation sites is 1. The highest BCUT2D eigenvalue weighted by molar-refractivity contribution is 6.20. The number of hydrogen-bond acceptors (Lipinski definition) is 1. The SMILES string of the molecule is CC(=NC(=NC(C)c1ccc2c(c1)Cc1ccccc1-2)c1ccccc1)n1c2ccc(-c3cccc4c3Cc3ccccc3-4)cc2c2cccc(-c3cccc(-c4cccc(C)c4-c4ccccc4C)c3)c21. The Bertz CT molecular complexity index is 4030. The number of amidine groups is 1. The Hall–Kier alpha value is -8.66. The van der Waals surface area contributed by atoms with Gasteiger partial charge >= 0.3 is 0 Å². The van der Waals surface area contributed by atoms with Crippen LogP contribution in [0.2, 0.25) is 0 Å². The first kappa shape index (κ1) is 43.4. The van der Waals surface area contributed by atoms with Crippen molar-refractivity contribution in [2.24, 2.45) is 9.98 Å². The van der Waals surface area contributed by atoms with Gasteiger partial charge in [0.05, 0.1) is 17.1 Å². The zero-order valence-electron chi connectivity index (χ0n) is 41.1. The molecule has 0 aliphatic heterocycles. The Labute approximate surface area is 422 Å². The summed E-state index contributed by atoms with van der Waals surface area (Å²) >= 11 is 0. The second kappa shape index (κ2) is 17.6. The molecule has 11 aromatic rings. The van der Waals surface area contributed by atoms with Crippen LogP contribution in [0, 0.1) is 13.8 Å². The Balaban J connectivity index is 0.994. The molecule has 1 aromatic heterocycles. The maximum Gasteiger partial charge on any atom is 0.157 e. The van der Waals surface area contributed by atoms with E-state index in [1.165, 1.54) is 105 Å². The van der Waals surface area contributed by atoms with Gasteiger partial charge in [-0.2, -0.15) is 0 Å². The minimum absolute atomic E-state index is 0.130. The van der Waals surface area contributed by atoms with Crippen molar-refractivity contribution in [3.63, 3.8) is 0 Å². The minimum Gasteiger partial charge on any atom is -0.297 e. The average molecular weight is 924 g/mol. The molecule has 0 fully saturated rings. The quantitative estimate of drug-likeness (QED) is 0.113. The molecular weight excluding hydrogens is 871 g/mol. The summed E-state index contributed by atoms with van der Waals surface area (Å²) in [5.74, 6) is 1.56. The van der Waals surface area contributed by atoms with Gasteiger partial charge in [-0.3, -0.25) is 9.56 Å². The van der Waals surface area contributed by atoms with Gasteiger partial charge in [-0.15, -0.1) is 0 Å². The van der Waals surface area contributed by atoms with E-state index < -0.39 is 0 Å². The van der Waals surface area contributed by atoms with E-state index in [0.717, 1.165) is 46.4 Å². The molecule has 0 N–H and O–H groups in total. The highest BCUT2D eigenvalue weighted by Gasteiger charge is 2.25. The van der Waals surface area contributed by atoms with Gasteiger partial charge < -0.3 is 0 Å². The van der Waals surface area contributed by atoms with Crippen LogP contribution in [0.3, 0.4) is 0 Å². The van der Waals surface area contributed by atoms with Crippen molar-refractivity contribution in [3.8, 4) is 66.8 Å². The summed E-state index contributed by atoms with van der Waals surface area (Å²) in [4.78, 5) is 11.1. The van der Waals surface area contributed by atoms with Crippen LogP contribution in [0.1, 0.15) is 64.4 Å². The fourth-order valence-electron chi connectivity index (χ4n) is 11.8. The maximum atomic E-state index is 5.60. The third-order valence-corrected chi connectivity index (χ3v) is 15.4. The van der Waals surface area contributed by atoms with Crippen LogP contribution < -0.4 is 0 Å². The number of rotatable bonds is 7. The highest BCUT2D eigenvalue weighted by atomic mass is 15.1. The van der Waals surface area contributed by atoms with E-state index in [9.17, 15) is 0 Å². The lowest BCUT2D eigenvalue weighted by atomic mass is 9.88. The molecule has 0 spiro atoms. The van der Waals surface area contributed by atoms with Crippen LogP contribution in [-0.4, -0.2) is 16.2 Å². The predicted molar refractivity (Wildman–Crippen MR) is 303 cm³/mol. The van der Waals surface area contributed by atoms with Crippen LogP contribution in [0.15, 0.2) is 228 Å². The smallest absolute Gasteiger partial charge is 0.157 e. The molecule has 13 rings (SSSR count). The number of nitrogens with zero attached hydrogens (tertiary/aromatic N) is 3. The molecule has 344 valence electrons. The summed E-state index contributed by atoms with van der Waals surface area (Å²) in [5.41, 5.74) is 27.5. The fraction of sp³-hybridized carbons (Fsp3) is 0.101.